The van der Waals surface area contributed by atoms with Gasteiger partial charge in [-0.15, -0.1) is 0 Å². The molecule has 1 saturated heterocycles. The van der Waals surface area contributed by atoms with Crippen molar-refractivity contribution >= 4 is 11.6 Å². The quantitative estimate of drug-likeness (QED) is 0.821. The molecule has 2 atom stereocenters. The molecule has 0 spiro atoms. The third-order valence-corrected chi connectivity index (χ3v) is 3.31. The Kier molecular flexibility index (Phi) is 5.55. The molecule has 0 aromatic heterocycles. The van der Waals surface area contributed by atoms with E-state index in [0.29, 0.717) is 24.7 Å². The summed E-state index contributed by atoms with van der Waals surface area (Å²) in [5.41, 5.74) is 0.700. The molecule has 0 bridgehead atoms. The van der Waals surface area contributed by atoms with Gasteiger partial charge in [-0.2, -0.15) is 5.26 Å². The largest absolute Gasteiger partial charge is 0.479 e. The van der Waals surface area contributed by atoms with Gasteiger partial charge in [-0.05, 0) is 30.8 Å². The molecule has 0 radical (unpaired) electrons. The average molecular weight is 289 g/mol. The second-order valence-corrected chi connectivity index (χ2v) is 4.77. The van der Waals surface area contributed by atoms with E-state index in [4.69, 9.17) is 14.7 Å². The first-order valence-corrected chi connectivity index (χ1v) is 6.96. The van der Waals surface area contributed by atoms with Gasteiger partial charge in [0.05, 0.1) is 19.1 Å². The Morgan fingerprint density at radius 2 is 2.19 bits per heavy atom. The highest BCUT2D eigenvalue weighted by molar-refractivity contribution is 5.93. The van der Waals surface area contributed by atoms with Crippen LogP contribution in [0.4, 0.5) is 5.69 Å². The number of amides is 1. The third-order valence-electron chi connectivity index (χ3n) is 3.31. The van der Waals surface area contributed by atoms with Gasteiger partial charge in [0.25, 0.3) is 0 Å². The summed E-state index contributed by atoms with van der Waals surface area (Å²) in [4.78, 5) is 12.3. The van der Waals surface area contributed by atoms with Crippen LogP contribution in [0.1, 0.15) is 6.92 Å². The number of nitrogens with zero attached hydrogens (tertiary/aromatic N) is 1. The fourth-order valence-electron chi connectivity index (χ4n) is 2.26. The number of nitriles is 1. The van der Waals surface area contributed by atoms with Gasteiger partial charge in [0.1, 0.15) is 11.8 Å². The van der Waals surface area contributed by atoms with Gasteiger partial charge in [0.15, 0.2) is 6.61 Å². The summed E-state index contributed by atoms with van der Waals surface area (Å²) in [7, 11) is 0. The van der Waals surface area contributed by atoms with Gasteiger partial charge >= 0.3 is 0 Å². The summed E-state index contributed by atoms with van der Waals surface area (Å²) in [6.45, 7) is 3.82. The summed E-state index contributed by atoms with van der Waals surface area (Å²) in [5.74, 6) is 0.368. The van der Waals surface area contributed by atoms with Crippen molar-refractivity contribution in [2.24, 2.45) is 5.92 Å². The number of benzene rings is 1. The van der Waals surface area contributed by atoms with Crippen LogP contribution in [0.15, 0.2) is 24.3 Å². The molecular formula is C15H19N3O3. The topological polar surface area (TPSA) is 83.4 Å². The van der Waals surface area contributed by atoms with Crippen LogP contribution in [0.5, 0.6) is 5.75 Å². The predicted molar refractivity (Wildman–Crippen MR) is 78.0 cm³/mol. The number of anilines is 1. The molecule has 6 heteroatoms. The maximum Gasteiger partial charge on any atom is 0.231 e. The van der Waals surface area contributed by atoms with Gasteiger partial charge in [-0.3, -0.25) is 4.79 Å². The number of carbonyl (C=O) groups excluding carboxylic acids is 1. The van der Waals surface area contributed by atoms with Crippen LogP contribution in [0.25, 0.3) is 0 Å². The minimum absolute atomic E-state index is 0.00941. The molecule has 1 aliphatic heterocycles. The molecule has 1 aromatic rings. The zero-order valence-corrected chi connectivity index (χ0v) is 12.0. The van der Waals surface area contributed by atoms with E-state index in [1.54, 1.807) is 24.3 Å². The molecule has 6 nitrogen and oxygen atoms in total. The molecule has 1 aromatic carbocycles. The zero-order valence-electron chi connectivity index (χ0n) is 12.0. The molecule has 1 aliphatic rings. The third kappa shape index (κ3) is 4.18. The molecule has 0 saturated carbocycles. The van der Waals surface area contributed by atoms with Crippen molar-refractivity contribution in [3.63, 3.8) is 0 Å². The molecule has 0 aliphatic carbocycles. The number of likely N-dealkylation sites (N-methyl/N-ethyl adjacent to an activating group) is 1. The lowest BCUT2D eigenvalue weighted by Gasteiger charge is -2.17. The first kappa shape index (κ1) is 15.3. The van der Waals surface area contributed by atoms with E-state index < -0.39 is 0 Å². The SMILES string of the molecule is CCNC1COCC1C(=O)Nc1ccc(OCC#N)cc1. The number of carbonyl (C=O) groups is 1. The number of ether oxygens (including phenoxy) is 2. The Labute approximate surface area is 124 Å². The summed E-state index contributed by atoms with van der Waals surface area (Å²) < 4.78 is 10.5. The van der Waals surface area contributed by atoms with Crippen LogP contribution in [0, 0.1) is 17.2 Å². The Morgan fingerprint density at radius 1 is 1.43 bits per heavy atom. The molecule has 2 rings (SSSR count). The summed E-state index contributed by atoms with van der Waals surface area (Å²) in [5, 5.41) is 14.6. The molecule has 112 valence electrons. The lowest BCUT2D eigenvalue weighted by atomic mass is 10.0. The highest BCUT2D eigenvalue weighted by Gasteiger charge is 2.33. The number of nitrogens with one attached hydrogen (secondary N) is 2. The van der Waals surface area contributed by atoms with Crippen molar-refractivity contribution in [3.05, 3.63) is 24.3 Å². The molecule has 21 heavy (non-hydrogen) atoms. The lowest BCUT2D eigenvalue weighted by Crippen LogP contribution is -2.41. The summed E-state index contributed by atoms with van der Waals surface area (Å²) in [6, 6.07) is 8.92. The van der Waals surface area contributed by atoms with Crippen LogP contribution in [-0.4, -0.2) is 38.3 Å². The minimum atomic E-state index is -0.181. The smallest absolute Gasteiger partial charge is 0.231 e. The summed E-state index contributed by atoms with van der Waals surface area (Å²) in [6.07, 6.45) is 0. The van der Waals surface area contributed by atoms with Crippen molar-refractivity contribution in [1.29, 1.82) is 5.26 Å². The van der Waals surface area contributed by atoms with E-state index in [1.807, 2.05) is 13.0 Å². The van der Waals surface area contributed by atoms with Crippen LogP contribution in [0.3, 0.4) is 0 Å². The van der Waals surface area contributed by atoms with E-state index in [9.17, 15) is 4.79 Å². The van der Waals surface area contributed by atoms with Gasteiger partial charge in [0.2, 0.25) is 5.91 Å². The van der Waals surface area contributed by atoms with Crippen molar-refractivity contribution in [2.45, 2.75) is 13.0 Å². The zero-order chi connectivity index (χ0) is 15.1. The fraction of sp³-hybridized carbons (Fsp3) is 0.467. The molecule has 2 N–H and O–H groups in total. The van der Waals surface area contributed by atoms with E-state index >= 15 is 0 Å². The molecule has 1 heterocycles. The molecule has 1 fully saturated rings. The van der Waals surface area contributed by atoms with Gasteiger partial charge < -0.3 is 20.1 Å². The maximum atomic E-state index is 12.3. The van der Waals surface area contributed by atoms with E-state index in [1.165, 1.54) is 0 Å². The molecule has 1 amide bonds. The highest BCUT2D eigenvalue weighted by Crippen LogP contribution is 2.19. The first-order chi connectivity index (χ1) is 10.2. The minimum Gasteiger partial charge on any atom is -0.479 e. The van der Waals surface area contributed by atoms with Crippen LogP contribution >= 0.6 is 0 Å². The van der Waals surface area contributed by atoms with Crippen molar-refractivity contribution < 1.29 is 14.3 Å². The van der Waals surface area contributed by atoms with Crippen molar-refractivity contribution in [2.75, 3.05) is 31.7 Å². The van der Waals surface area contributed by atoms with E-state index in [-0.39, 0.29) is 24.5 Å². The number of hydrogen-bond acceptors (Lipinski definition) is 5. The van der Waals surface area contributed by atoms with Crippen LogP contribution < -0.4 is 15.4 Å². The van der Waals surface area contributed by atoms with Gasteiger partial charge in [-0.1, -0.05) is 6.92 Å². The number of rotatable bonds is 6. The van der Waals surface area contributed by atoms with Gasteiger partial charge in [-0.25, -0.2) is 0 Å². The first-order valence-electron chi connectivity index (χ1n) is 6.96. The molecular weight excluding hydrogens is 270 g/mol. The normalized spacial score (nSPS) is 20.8. The predicted octanol–water partition coefficient (Wildman–Crippen LogP) is 1.15. The van der Waals surface area contributed by atoms with E-state index in [0.717, 1.165) is 6.54 Å². The standard InChI is InChI=1S/C15H19N3O3/c1-2-17-14-10-20-9-13(14)15(19)18-11-3-5-12(6-4-11)21-8-7-16/h3-6,13-14,17H,2,8-10H2,1H3,(H,18,19). The second-order valence-electron chi connectivity index (χ2n) is 4.77. The lowest BCUT2D eigenvalue weighted by molar-refractivity contribution is -0.120. The Morgan fingerprint density at radius 3 is 2.86 bits per heavy atom. The maximum absolute atomic E-state index is 12.3. The number of hydrogen-bond donors (Lipinski definition) is 2. The summed E-state index contributed by atoms with van der Waals surface area (Å²) >= 11 is 0. The Bertz CT molecular complexity index is 510. The second kappa shape index (κ2) is 7.62. The van der Waals surface area contributed by atoms with Gasteiger partial charge in [0, 0.05) is 11.7 Å². The van der Waals surface area contributed by atoms with Crippen molar-refractivity contribution in [1.82, 2.24) is 5.32 Å². The Hall–Kier alpha value is -2.10. The van der Waals surface area contributed by atoms with Crippen LogP contribution in [-0.2, 0) is 9.53 Å². The highest BCUT2D eigenvalue weighted by atomic mass is 16.5. The van der Waals surface area contributed by atoms with Crippen molar-refractivity contribution in [3.8, 4) is 11.8 Å². The monoisotopic (exact) mass is 289 g/mol. The molecule has 2 unspecified atom stereocenters. The van der Waals surface area contributed by atoms with Crippen LogP contribution in [0.2, 0.25) is 0 Å². The van der Waals surface area contributed by atoms with E-state index in [2.05, 4.69) is 10.6 Å². The fourth-order valence-corrected chi connectivity index (χ4v) is 2.26. The average Bonchev–Trinajstić information content (AvgIpc) is 2.95. The Balaban J connectivity index is 1.91.